The van der Waals surface area contributed by atoms with Crippen molar-refractivity contribution >= 4 is 11.5 Å². The van der Waals surface area contributed by atoms with Gasteiger partial charge in [0, 0.05) is 32.4 Å². The van der Waals surface area contributed by atoms with E-state index in [1.54, 1.807) is 0 Å². The maximum atomic E-state index is 5.93. The van der Waals surface area contributed by atoms with Gasteiger partial charge in [-0.3, -0.25) is 0 Å². The van der Waals surface area contributed by atoms with Crippen LogP contribution in [0, 0.1) is 6.92 Å². The average Bonchev–Trinajstić information content (AvgIpc) is 2.19. The molecule has 0 amide bonds. The van der Waals surface area contributed by atoms with E-state index in [0.717, 1.165) is 43.2 Å². The lowest BCUT2D eigenvalue weighted by Crippen LogP contribution is -2.44. The van der Waals surface area contributed by atoms with Gasteiger partial charge in [-0.15, -0.1) is 0 Å². The fourth-order valence-corrected chi connectivity index (χ4v) is 1.73. The van der Waals surface area contributed by atoms with Crippen molar-refractivity contribution in [1.29, 1.82) is 0 Å². The fourth-order valence-electron chi connectivity index (χ4n) is 1.73. The van der Waals surface area contributed by atoms with Crippen molar-refractivity contribution in [2.45, 2.75) is 6.92 Å². The van der Waals surface area contributed by atoms with E-state index in [2.05, 4.69) is 15.2 Å². The van der Waals surface area contributed by atoms with Gasteiger partial charge in [-0.05, 0) is 18.6 Å². The fraction of sp³-hybridized carbons (Fsp3) is 0.500. The summed E-state index contributed by atoms with van der Waals surface area (Å²) in [6.07, 6.45) is 1.87. The quantitative estimate of drug-likeness (QED) is 0.675. The van der Waals surface area contributed by atoms with Gasteiger partial charge in [-0.2, -0.15) is 0 Å². The molecule has 0 saturated carbocycles. The van der Waals surface area contributed by atoms with Gasteiger partial charge >= 0.3 is 0 Å². The number of nitrogens with one attached hydrogen (secondary N) is 1. The Kier molecular flexibility index (Phi) is 2.54. The molecule has 0 radical (unpaired) electrons. The first-order valence-electron chi connectivity index (χ1n) is 4.95. The van der Waals surface area contributed by atoms with E-state index >= 15 is 0 Å². The summed E-state index contributed by atoms with van der Waals surface area (Å²) in [6.45, 7) is 6.00. The lowest BCUT2D eigenvalue weighted by atomic mass is 10.2. The Hall–Kier alpha value is -1.29. The van der Waals surface area contributed by atoms with E-state index in [4.69, 9.17) is 5.73 Å². The highest BCUT2D eigenvalue weighted by Crippen LogP contribution is 2.20. The highest BCUT2D eigenvalue weighted by molar-refractivity contribution is 5.63. The topological polar surface area (TPSA) is 54.2 Å². The standard InChI is InChI=1S/C10H16N4/c1-8-6-9(11)10(13-7-8)14-4-2-12-3-5-14/h6-7,12H,2-5,11H2,1H3. The average molecular weight is 192 g/mol. The van der Waals surface area contributed by atoms with Crippen LogP contribution in [-0.4, -0.2) is 31.2 Å². The van der Waals surface area contributed by atoms with Crippen LogP contribution in [0.25, 0.3) is 0 Å². The molecule has 1 aliphatic heterocycles. The molecule has 0 aromatic carbocycles. The van der Waals surface area contributed by atoms with Crippen LogP contribution in [0.1, 0.15) is 5.56 Å². The molecule has 1 saturated heterocycles. The number of piperazine rings is 1. The molecule has 0 aliphatic carbocycles. The Balaban J connectivity index is 2.22. The SMILES string of the molecule is Cc1cnc(N2CCNCC2)c(N)c1. The van der Waals surface area contributed by atoms with Crippen LogP contribution in [-0.2, 0) is 0 Å². The molecule has 14 heavy (non-hydrogen) atoms. The second kappa shape index (κ2) is 3.84. The van der Waals surface area contributed by atoms with E-state index in [0.29, 0.717) is 0 Å². The van der Waals surface area contributed by atoms with Gasteiger partial charge in [0.2, 0.25) is 0 Å². The summed E-state index contributed by atoms with van der Waals surface area (Å²) in [5.41, 5.74) is 7.82. The zero-order valence-electron chi connectivity index (χ0n) is 8.45. The normalized spacial score (nSPS) is 17.1. The van der Waals surface area contributed by atoms with Gasteiger partial charge in [0.05, 0.1) is 5.69 Å². The van der Waals surface area contributed by atoms with Crippen LogP contribution < -0.4 is 16.0 Å². The first-order valence-corrected chi connectivity index (χ1v) is 4.95. The molecular weight excluding hydrogens is 176 g/mol. The van der Waals surface area contributed by atoms with Crippen molar-refractivity contribution in [1.82, 2.24) is 10.3 Å². The molecule has 0 bridgehead atoms. The molecule has 2 heterocycles. The van der Waals surface area contributed by atoms with Crippen molar-refractivity contribution in [2.24, 2.45) is 0 Å². The maximum absolute atomic E-state index is 5.93. The van der Waals surface area contributed by atoms with Crippen molar-refractivity contribution in [2.75, 3.05) is 36.8 Å². The Morgan fingerprint density at radius 1 is 1.43 bits per heavy atom. The van der Waals surface area contributed by atoms with E-state index in [-0.39, 0.29) is 0 Å². The highest BCUT2D eigenvalue weighted by atomic mass is 15.2. The lowest BCUT2D eigenvalue weighted by molar-refractivity contribution is 0.585. The van der Waals surface area contributed by atoms with Crippen LogP contribution in [0.4, 0.5) is 11.5 Å². The van der Waals surface area contributed by atoms with Crippen LogP contribution in [0.5, 0.6) is 0 Å². The molecule has 1 aliphatic rings. The number of rotatable bonds is 1. The minimum Gasteiger partial charge on any atom is -0.396 e. The molecule has 4 heteroatoms. The van der Waals surface area contributed by atoms with Crippen LogP contribution >= 0.6 is 0 Å². The van der Waals surface area contributed by atoms with Gasteiger partial charge < -0.3 is 16.0 Å². The number of anilines is 2. The van der Waals surface area contributed by atoms with Gasteiger partial charge in [-0.25, -0.2) is 4.98 Å². The molecule has 0 spiro atoms. The van der Waals surface area contributed by atoms with Gasteiger partial charge in [0.15, 0.2) is 5.82 Å². The summed E-state index contributed by atoms with van der Waals surface area (Å²) in [7, 11) is 0. The number of hydrogen-bond donors (Lipinski definition) is 2. The number of nitrogens with zero attached hydrogens (tertiary/aromatic N) is 2. The second-order valence-electron chi connectivity index (χ2n) is 3.66. The zero-order valence-corrected chi connectivity index (χ0v) is 8.45. The number of hydrogen-bond acceptors (Lipinski definition) is 4. The lowest BCUT2D eigenvalue weighted by Gasteiger charge is -2.29. The minimum absolute atomic E-state index is 0.784. The van der Waals surface area contributed by atoms with Gasteiger partial charge in [0.25, 0.3) is 0 Å². The molecule has 0 unspecified atom stereocenters. The first kappa shape index (κ1) is 9.27. The van der Waals surface area contributed by atoms with Crippen molar-refractivity contribution in [3.8, 4) is 0 Å². The van der Waals surface area contributed by atoms with Crippen LogP contribution in [0.3, 0.4) is 0 Å². The van der Waals surface area contributed by atoms with Crippen molar-refractivity contribution in [3.63, 3.8) is 0 Å². The monoisotopic (exact) mass is 192 g/mol. The molecular formula is C10H16N4. The summed E-state index contributed by atoms with van der Waals surface area (Å²) in [4.78, 5) is 6.60. The van der Waals surface area contributed by atoms with Crippen LogP contribution in [0.15, 0.2) is 12.3 Å². The Bertz CT molecular complexity index is 318. The minimum atomic E-state index is 0.784. The predicted molar refractivity (Wildman–Crippen MR) is 58.5 cm³/mol. The first-order chi connectivity index (χ1) is 6.77. The zero-order chi connectivity index (χ0) is 9.97. The molecule has 4 nitrogen and oxygen atoms in total. The van der Waals surface area contributed by atoms with E-state index in [1.807, 2.05) is 19.2 Å². The highest BCUT2D eigenvalue weighted by Gasteiger charge is 2.13. The van der Waals surface area contributed by atoms with Gasteiger partial charge in [-0.1, -0.05) is 0 Å². The summed E-state index contributed by atoms with van der Waals surface area (Å²) in [6, 6.07) is 1.98. The summed E-state index contributed by atoms with van der Waals surface area (Å²) < 4.78 is 0. The van der Waals surface area contributed by atoms with Gasteiger partial charge in [0.1, 0.15) is 0 Å². The number of nitrogens with two attached hydrogens (primary N) is 1. The largest absolute Gasteiger partial charge is 0.396 e. The number of aryl methyl sites for hydroxylation is 1. The van der Waals surface area contributed by atoms with E-state index in [9.17, 15) is 0 Å². The molecule has 0 atom stereocenters. The smallest absolute Gasteiger partial charge is 0.151 e. The predicted octanol–water partition coefficient (Wildman–Crippen LogP) is 0.382. The maximum Gasteiger partial charge on any atom is 0.151 e. The summed E-state index contributed by atoms with van der Waals surface area (Å²) in [5.74, 6) is 0.928. The third-order valence-corrected chi connectivity index (χ3v) is 2.45. The number of pyridine rings is 1. The third-order valence-electron chi connectivity index (χ3n) is 2.45. The third kappa shape index (κ3) is 1.80. The molecule has 76 valence electrons. The molecule has 1 aromatic heterocycles. The van der Waals surface area contributed by atoms with Crippen molar-refractivity contribution < 1.29 is 0 Å². The Morgan fingerprint density at radius 2 is 2.14 bits per heavy atom. The Labute approximate surface area is 84.1 Å². The molecule has 1 fully saturated rings. The van der Waals surface area contributed by atoms with Crippen molar-refractivity contribution in [3.05, 3.63) is 17.8 Å². The van der Waals surface area contributed by atoms with E-state index in [1.165, 1.54) is 0 Å². The van der Waals surface area contributed by atoms with E-state index < -0.39 is 0 Å². The molecule has 2 rings (SSSR count). The second-order valence-corrected chi connectivity index (χ2v) is 3.66. The molecule has 3 N–H and O–H groups in total. The summed E-state index contributed by atoms with van der Waals surface area (Å²) >= 11 is 0. The summed E-state index contributed by atoms with van der Waals surface area (Å²) in [5, 5.41) is 3.31. The number of aromatic nitrogens is 1. The number of nitrogen functional groups attached to an aromatic ring is 1. The Morgan fingerprint density at radius 3 is 2.79 bits per heavy atom. The molecule has 1 aromatic rings. The van der Waals surface area contributed by atoms with Crippen LogP contribution in [0.2, 0.25) is 0 Å².